The number of ether oxygens (including phenoxy) is 2. The minimum Gasteiger partial charge on any atom is -0.504 e. The Labute approximate surface area is 126 Å². The number of H-pyrrole nitrogens is 1. The van der Waals surface area contributed by atoms with Crippen LogP contribution < -0.4 is 15.2 Å². The molecule has 7 heteroatoms. The van der Waals surface area contributed by atoms with E-state index in [4.69, 9.17) is 15.2 Å². The summed E-state index contributed by atoms with van der Waals surface area (Å²) in [5.41, 5.74) is 8.42. The summed E-state index contributed by atoms with van der Waals surface area (Å²) in [5, 5.41) is 26.1. The summed E-state index contributed by atoms with van der Waals surface area (Å²) < 4.78 is 10.5. The largest absolute Gasteiger partial charge is 0.504 e. The molecule has 0 saturated carbocycles. The molecular weight excluding hydrogens is 284 g/mol. The second-order valence-electron chi connectivity index (χ2n) is 4.92. The highest BCUT2D eigenvalue weighted by Gasteiger charge is 2.34. The van der Waals surface area contributed by atoms with Crippen molar-refractivity contribution in [3.05, 3.63) is 46.5 Å². The molecule has 22 heavy (non-hydrogen) atoms. The van der Waals surface area contributed by atoms with E-state index in [9.17, 15) is 10.4 Å². The first-order valence-corrected chi connectivity index (χ1v) is 6.56. The quantitative estimate of drug-likeness (QED) is 0.776. The lowest BCUT2D eigenvalue weighted by Gasteiger charge is -2.24. The van der Waals surface area contributed by atoms with Crippen molar-refractivity contribution in [2.24, 2.45) is 5.73 Å². The number of aromatic hydroxyl groups is 1. The molecule has 0 aliphatic carbocycles. The number of hydrogen-bond acceptors (Lipinski definition) is 6. The standard InChI is InChI=1S/C15H14N4O3/c1-7-12-13(8-3-4-10(20)11(5-8)21-2)9(6-16)14(17)22-15(12)19-18-7/h3-5,13,20H,17H2,1-2H3,(H,18,19)/t13-/m1/s1. The van der Waals surface area contributed by atoms with Crippen LogP contribution in [0.3, 0.4) is 0 Å². The Bertz CT molecular complexity index is 817. The molecule has 0 fully saturated rings. The summed E-state index contributed by atoms with van der Waals surface area (Å²) in [6.07, 6.45) is 0. The van der Waals surface area contributed by atoms with Gasteiger partial charge in [0.25, 0.3) is 0 Å². The van der Waals surface area contributed by atoms with Gasteiger partial charge >= 0.3 is 0 Å². The lowest BCUT2D eigenvalue weighted by atomic mass is 9.84. The number of aromatic nitrogens is 2. The van der Waals surface area contributed by atoms with Crippen LogP contribution in [0.1, 0.15) is 22.7 Å². The molecule has 1 aliphatic heterocycles. The van der Waals surface area contributed by atoms with E-state index in [-0.39, 0.29) is 11.6 Å². The zero-order valence-electron chi connectivity index (χ0n) is 12.0. The highest BCUT2D eigenvalue weighted by molar-refractivity contribution is 5.57. The van der Waals surface area contributed by atoms with Crippen molar-refractivity contribution < 1.29 is 14.6 Å². The van der Waals surface area contributed by atoms with Crippen molar-refractivity contribution in [2.45, 2.75) is 12.8 Å². The second kappa shape index (κ2) is 5.00. The number of phenolic OH excluding ortho intramolecular Hbond substituents is 1. The number of allylic oxidation sites excluding steroid dienone is 1. The van der Waals surface area contributed by atoms with E-state index < -0.39 is 5.92 Å². The number of aryl methyl sites for hydroxylation is 1. The zero-order chi connectivity index (χ0) is 15.9. The smallest absolute Gasteiger partial charge is 0.244 e. The minimum atomic E-state index is -0.429. The van der Waals surface area contributed by atoms with E-state index in [1.807, 2.05) is 6.92 Å². The van der Waals surface area contributed by atoms with Gasteiger partial charge < -0.3 is 20.3 Å². The first kappa shape index (κ1) is 13.8. The lowest BCUT2D eigenvalue weighted by Crippen LogP contribution is -2.21. The van der Waals surface area contributed by atoms with Gasteiger partial charge in [-0.05, 0) is 24.6 Å². The fraction of sp³-hybridized carbons (Fsp3) is 0.200. The van der Waals surface area contributed by atoms with Crippen molar-refractivity contribution in [1.29, 1.82) is 5.26 Å². The molecule has 3 rings (SSSR count). The van der Waals surface area contributed by atoms with Crippen molar-refractivity contribution in [1.82, 2.24) is 10.2 Å². The third-order valence-corrected chi connectivity index (χ3v) is 3.67. The number of aromatic amines is 1. The van der Waals surface area contributed by atoms with Crippen LogP contribution in [0.5, 0.6) is 17.4 Å². The van der Waals surface area contributed by atoms with Crippen molar-refractivity contribution in [2.75, 3.05) is 7.11 Å². The summed E-state index contributed by atoms with van der Waals surface area (Å²) in [7, 11) is 1.47. The Balaban J connectivity index is 2.23. The SMILES string of the molecule is COc1cc([C@@H]2C(C#N)=C(N)Oc3n[nH]c(C)c32)ccc1O. The van der Waals surface area contributed by atoms with Gasteiger partial charge in [-0.2, -0.15) is 5.26 Å². The summed E-state index contributed by atoms with van der Waals surface area (Å²) >= 11 is 0. The molecule has 1 atom stereocenters. The highest BCUT2D eigenvalue weighted by atomic mass is 16.5. The fourth-order valence-corrected chi connectivity index (χ4v) is 2.61. The molecule has 1 aromatic carbocycles. The molecule has 0 radical (unpaired) electrons. The van der Waals surface area contributed by atoms with Gasteiger partial charge in [0.1, 0.15) is 11.6 Å². The fourth-order valence-electron chi connectivity index (χ4n) is 2.61. The van der Waals surface area contributed by atoms with Gasteiger partial charge in [0.15, 0.2) is 11.5 Å². The Morgan fingerprint density at radius 3 is 2.95 bits per heavy atom. The molecule has 0 unspecified atom stereocenters. The van der Waals surface area contributed by atoms with Gasteiger partial charge in [-0.25, -0.2) is 0 Å². The molecule has 0 saturated heterocycles. The van der Waals surface area contributed by atoms with Crippen LogP contribution in [0.2, 0.25) is 0 Å². The average Bonchev–Trinajstić information content (AvgIpc) is 2.87. The highest BCUT2D eigenvalue weighted by Crippen LogP contribution is 2.44. The van der Waals surface area contributed by atoms with Gasteiger partial charge in [-0.3, -0.25) is 5.10 Å². The first-order chi connectivity index (χ1) is 10.6. The van der Waals surface area contributed by atoms with E-state index in [0.29, 0.717) is 17.2 Å². The lowest BCUT2D eigenvalue weighted by molar-refractivity contribution is 0.371. The number of phenols is 1. The Kier molecular flexibility index (Phi) is 3.14. The van der Waals surface area contributed by atoms with Crippen LogP contribution in [0.4, 0.5) is 0 Å². The van der Waals surface area contributed by atoms with E-state index in [2.05, 4.69) is 16.3 Å². The minimum absolute atomic E-state index is 0.0258. The zero-order valence-corrected chi connectivity index (χ0v) is 12.0. The van der Waals surface area contributed by atoms with Crippen molar-refractivity contribution in [3.63, 3.8) is 0 Å². The molecule has 7 nitrogen and oxygen atoms in total. The van der Waals surface area contributed by atoms with E-state index in [1.165, 1.54) is 13.2 Å². The van der Waals surface area contributed by atoms with E-state index >= 15 is 0 Å². The molecule has 2 heterocycles. The maximum absolute atomic E-state index is 9.75. The number of nitrogens with one attached hydrogen (secondary N) is 1. The molecule has 2 aromatic rings. The van der Waals surface area contributed by atoms with Crippen LogP contribution in [-0.2, 0) is 0 Å². The number of nitrogens with zero attached hydrogens (tertiary/aromatic N) is 2. The van der Waals surface area contributed by atoms with Gasteiger partial charge in [0, 0.05) is 11.3 Å². The van der Waals surface area contributed by atoms with Gasteiger partial charge in [-0.15, -0.1) is 5.10 Å². The predicted molar refractivity (Wildman–Crippen MR) is 77.3 cm³/mol. The third-order valence-electron chi connectivity index (χ3n) is 3.67. The molecule has 112 valence electrons. The summed E-state index contributed by atoms with van der Waals surface area (Å²) in [5.74, 6) is 0.298. The summed E-state index contributed by atoms with van der Waals surface area (Å²) in [4.78, 5) is 0. The number of nitriles is 1. The van der Waals surface area contributed by atoms with Crippen LogP contribution in [0.25, 0.3) is 0 Å². The van der Waals surface area contributed by atoms with Crippen molar-refractivity contribution in [3.8, 4) is 23.4 Å². The van der Waals surface area contributed by atoms with Crippen LogP contribution >= 0.6 is 0 Å². The van der Waals surface area contributed by atoms with Crippen LogP contribution in [0.15, 0.2) is 29.7 Å². The molecule has 1 aromatic heterocycles. The second-order valence-corrected chi connectivity index (χ2v) is 4.92. The molecular formula is C15H14N4O3. The van der Waals surface area contributed by atoms with E-state index in [1.54, 1.807) is 12.1 Å². The topological polar surface area (TPSA) is 117 Å². The molecule has 4 N–H and O–H groups in total. The van der Waals surface area contributed by atoms with Gasteiger partial charge in [0.05, 0.1) is 13.0 Å². The Morgan fingerprint density at radius 2 is 2.27 bits per heavy atom. The summed E-state index contributed by atoms with van der Waals surface area (Å²) in [6, 6.07) is 7.00. The molecule has 0 amide bonds. The third kappa shape index (κ3) is 1.93. The van der Waals surface area contributed by atoms with Crippen LogP contribution in [-0.4, -0.2) is 22.4 Å². The van der Waals surface area contributed by atoms with Gasteiger partial charge in [0.2, 0.25) is 11.8 Å². The Morgan fingerprint density at radius 1 is 1.50 bits per heavy atom. The van der Waals surface area contributed by atoms with E-state index in [0.717, 1.165) is 16.8 Å². The summed E-state index contributed by atoms with van der Waals surface area (Å²) in [6.45, 7) is 1.84. The number of nitrogens with two attached hydrogens (primary N) is 1. The number of fused-ring (bicyclic) bond motifs is 1. The maximum Gasteiger partial charge on any atom is 0.244 e. The van der Waals surface area contributed by atoms with Crippen molar-refractivity contribution >= 4 is 0 Å². The number of rotatable bonds is 2. The normalized spacial score (nSPS) is 16.7. The predicted octanol–water partition coefficient (Wildman–Crippen LogP) is 1.65. The first-order valence-electron chi connectivity index (χ1n) is 6.56. The monoisotopic (exact) mass is 298 g/mol. The molecule has 1 aliphatic rings. The van der Waals surface area contributed by atoms with Gasteiger partial charge in [-0.1, -0.05) is 6.07 Å². The molecule has 0 bridgehead atoms. The number of hydrogen-bond donors (Lipinski definition) is 3. The number of benzene rings is 1. The van der Waals surface area contributed by atoms with Crippen LogP contribution in [0, 0.1) is 18.3 Å². The number of methoxy groups -OCH3 is 1. The maximum atomic E-state index is 9.75. The average molecular weight is 298 g/mol. The molecule has 0 spiro atoms. The Hall–Kier alpha value is -3.14.